The monoisotopic (exact) mass is 1300 g/mol. The van der Waals surface area contributed by atoms with Crippen molar-refractivity contribution >= 4 is 96.8 Å². The highest BCUT2D eigenvalue weighted by Crippen LogP contribution is 2.34. The van der Waals surface area contributed by atoms with Gasteiger partial charge >= 0.3 is 22.8 Å². The van der Waals surface area contributed by atoms with Crippen LogP contribution in [-0.4, -0.2) is 106 Å². The molecule has 0 amide bonds. The molecule has 0 aromatic carbocycles. The topological polar surface area (TPSA) is 309 Å². The Labute approximate surface area is 510 Å². The van der Waals surface area contributed by atoms with Gasteiger partial charge in [0.15, 0.2) is 5.06 Å². The summed E-state index contributed by atoms with van der Waals surface area (Å²) in [6.45, 7) is 8.86. The second-order valence-electron chi connectivity index (χ2n) is 16.0. The minimum Gasteiger partial charge on any atom is -0.484 e. The molecular formula is C47H44N20O9S8. The van der Waals surface area contributed by atoms with E-state index in [1.54, 1.807) is 45.4 Å². The fourth-order valence-corrected chi connectivity index (χ4v) is 12.1. The van der Waals surface area contributed by atoms with Gasteiger partial charge in [0, 0.05) is 122 Å². The number of rotatable bonds is 19. The van der Waals surface area contributed by atoms with Gasteiger partial charge < -0.3 is 23.7 Å². The summed E-state index contributed by atoms with van der Waals surface area (Å²) < 4.78 is 67.0. The van der Waals surface area contributed by atoms with Crippen LogP contribution in [0.5, 0.6) is 25.8 Å². The maximum atomic E-state index is 12.1. The summed E-state index contributed by atoms with van der Waals surface area (Å²) in [4.78, 5) is 66.2. The summed E-state index contributed by atoms with van der Waals surface area (Å²) in [7, 11) is 6.13. The van der Waals surface area contributed by atoms with Crippen LogP contribution in [-0.2, 0) is 54.6 Å². The molecule has 0 aliphatic carbocycles. The van der Waals surface area contributed by atoms with Crippen molar-refractivity contribution in [1.29, 1.82) is 0 Å². The van der Waals surface area contributed by atoms with Gasteiger partial charge in [-0.25, -0.2) is 39.1 Å². The zero-order valence-electron chi connectivity index (χ0n) is 48.4. The third kappa shape index (κ3) is 13.8. The number of ether oxygens (including phenoxy) is 5. The number of hydrogen-bond acceptors (Lipinski definition) is 29. The average Bonchev–Trinajstić information content (AvgIpc) is 3.32. The van der Waals surface area contributed by atoms with Crippen LogP contribution in [0.4, 0.5) is 0 Å². The first-order valence-corrected chi connectivity index (χ1v) is 30.7. The Morgan fingerprint density at radius 2 is 0.857 bits per heavy atom. The molecule has 0 aliphatic heterocycles. The van der Waals surface area contributed by atoms with Crippen molar-refractivity contribution < 1.29 is 29.2 Å². The van der Waals surface area contributed by atoms with Crippen molar-refractivity contribution in [2.75, 3.05) is 6.61 Å². The molecule has 29 nitrogen and oxygen atoms in total. The molecule has 0 fully saturated rings. The summed E-state index contributed by atoms with van der Waals surface area (Å²) in [5.74, 6) is 2.57. The van der Waals surface area contributed by atoms with E-state index in [-0.39, 0.29) is 73.9 Å². The highest BCUT2D eigenvalue weighted by atomic mass is 32.1. The molecule has 12 rings (SSSR count). The first-order chi connectivity index (χ1) is 42.3. The molecule has 0 saturated heterocycles. The first kappa shape index (κ1) is 54.4. The van der Waals surface area contributed by atoms with Gasteiger partial charge in [-0.3, -0.25) is 0 Å². The second-order valence-corrected chi connectivity index (χ2v) is 23.0. The zero-order chi connectivity index (χ0) is 62.8. The van der Waals surface area contributed by atoms with E-state index in [4.69, 9.17) is 35.6 Å². The van der Waals surface area contributed by atoms with Crippen LogP contribution in [0.25, 0.3) is 28.8 Å². The Balaban J connectivity index is 0.000000140. The molecule has 0 N–H and O–H groups in total. The molecule has 12 heterocycles. The van der Waals surface area contributed by atoms with Gasteiger partial charge in [0.25, 0.3) is 20.8 Å². The fraction of sp³-hybridized carbons (Fsp3) is 0.234. The number of thiophene rings is 4. The normalized spacial score (nSPS) is 11.4. The SMILES string of the molecule is [3H]c1csc(OCc2c(-n3nnn(C)c3=O)csc2C#C)n1.[3H]c1csc(OCc2c(-n3nnn(C)c3=O)csc2C)n1.[3H]c1csc(OCc2c(-n3nnn(C)c3=O)csc2C=C)n1.[3H]c1csc(OCc2c(-n3nnn(C)c3=O)csc2OCC)n1. The van der Waals surface area contributed by atoms with Crippen LogP contribution < -0.4 is 46.4 Å². The molecule has 434 valence electrons. The largest absolute Gasteiger partial charge is 0.484 e. The second kappa shape index (κ2) is 27.9. The number of terminal acetylenes is 1. The predicted octanol–water partition coefficient (Wildman–Crippen LogP) is 5.58. The van der Waals surface area contributed by atoms with Crippen molar-refractivity contribution in [3.05, 3.63) is 153 Å². The van der Waals surface area contributed by atoms with Crippen molar-refractivity contribution in [1.82, 2.24) is 99.1 Å². The van der Waals surface area contributed by atoms with E-state index < -0.39 is 0 Å². The Kier molecular flexibility index (Phi) is 18.1. The lowest BCUT2D eigenvalue weighted by Gasteiger charge is -2.07. The molecule has 0 saturated carbocycles. The maximum absolute atomic E-state index is 12.1. The number of hydrogen-bond donors (Lipinski definition) is 0. The molecule has 12 aromatic heterocycles. The van der Waals surface area contributed by atoms with Crippen LogP contribution in [0.1, 0.15) is 49.3 Å². The number of aromatic nitrogens is 20. The summed E-state index contributed by atoms with van der Waals surface area (Å²) in [6, 6.07) is 0. The molecule has 12 aromatic rings. The molecule has 84 heavy (non-hydrogen) atoms. The average molecular weight is 1300 g/mol. The minimum atomic E-state index is -0.370. The lowest BCUT2D eigenvalue weighted by molar-refractivity contribution is 0.289. The van der Waals surface area contributed by atoms with E-state index in [1.807, 2.05) is 24.6 Å². The van der Waals surface area contributed by atoms with Crippen molar-refractivity contribution in [2.24, 2.45) is 28.2 Å². The van der Waals surface area contributed by atoms with E-state index in [1.165, 1.54) is 135 Å². The van der Waals surface area contributed by atoms with Gasteiger partial charge in [0.2, 0.25) is 0 Å². The van der Waals surface area contributed by atoms with E-state index in [9.17, 15) is 19.2 Å². The Hall–Kier alpha value is -8.90. The summed E-state index contributed by atoms with van der Waals surface area (Å²) in [5.41, 5.74) is 4.03. The third-order valence-corrected chi connectivity index (χ3v) is 17.3. The van der Waals surface area contributed by atoms with E-state index in [0.29, 0.717) is 71.2 Å². The van der Waals surface area contributed by atoms with Crippen molar-refractivity contribution in [2.45, 2.75) is 40.3 Å². The van der Waals surface area contributed by atoms with Gasteiger partial charge in [-0.2, -0.15) is 37.5 Å². The van der Waals surface area contributed by atoms with Gasteiger partial charge in [-0.05, 0) is 55.6 Å². The fourth-order valence-electron chi connectivity index (χ4n) is 6.82. The van der Waals surface area contributed by atoms with Crippen molar-refractivity contribution in [3.63, 3.8) is 0 Å². The van der Waals surface area contributed by atoms with Gasteiger partial charge in [0.1, 0.15) is 26.4 Å². The number of thiazole rings is 4. The molecule has 0 spiro atoms. The van der Waals surface area contributed by atoms with Crippen LogP contribution in [0, 0.1) is 19.3 Å². The standard InChI is InChI=1S/C12H13N5O3S2.C12H11N5O2S2.C12H9N5O2S2.C11H11N5O2S2/c1-3-19-10-8(6-20-11-13-4-5-21-11)9(7-22-10)17-12(18)16(2)14-15-17;2*1-3-10-8(6-19-11-13-4-5-20-11)9(7-21-10)17-12(18)16(2)14-15-17;1-7-8(5-18-10-12-3-4-19-10)9(6-20-7)16-11(17)15(2)13-14-16/h4-5,7H,3,6H2,1-2H3;3-5,7H,1,6H2,2H3;1,4-5,7H,6H2,2H3;3-4,6H,5H2,1-2H3/i3*4T;3T. The molecule has 0 aliphatic rings. The smallest absolute Gasteiger partial charge is 0.368 e. The van der Waals surface area contributed by atoms with Gasteiger partial charge in [-0.1, -0.05) is 63.9 Å². The Morgan fingerprint density at radius 3 is 1.24 bits per heavy atom. The number of nitrogens with zero attached hydrogens (tertiary/aromatic N) is 20. The number of aryl methyl sites for hydroxylation is 5. The molecule has 0 atom stereocenters. The summed E-state index contributed by atoms with van der Waals surface area (Å²) in [5, 5.41) is 45.9. The molecule has 0 bridgehead atoms. The quantitative estimate of drug-likeness (QED) is 0.0892. The minimum absolute atomic E-state index is 0.133. The Morgan fingerprint density at radius 1 is 0.500 bits per heavy atom. The highest BCUT2D eigenvalue weighted by molar-refractivity contribution is 7.13. The van der Waals surface area contributed by atoms with Crippen LogP contribution in [0.15, 0.2) is 93.5 Å². The predicted molar refractivity (Wildman–Crippen MR) is 318 cm³/mol. The molecular weight excluding hydrogens is 1250 g/mol. The molecule has 0 unspecified atom stereocenters. The van der Waals surface area contributed by atoms with Crippen molar-refractivity contribution in [3.8, 4) is 60.9 Å². The number of tetrazole rings is 4. The lowest BCUT2D eigenvalue weighted by Crippen LogP contribution is -2.22. The molecule has 0 radical (unpaired) electrons. The maximum Gasteiger partial charge on any atom is 0.368 e. The van der Waals surface area contributed by atoms with Gasteiger partial charge in [-0.15, -0.1) is 51.8 Å². The Bertz CT molecular complexity index is 4650. The van der Waals surface area contributed by atoms with Crippen LogP contribution in [0.2, 0.25) is 0 Å². The zero-order valence-corrected chi connectivity index (χ0v) is 50.9. The molecule has 37 heteroatoms. The van der Waals surface area contributed by atoms with Crippen LogP contribution in [0.3, 0.4) is 0 Å². The van der Waals surface area contributed by atoms with E-state index in [2.05, 4.69) is 74.1 Å². The van der Waals surface area contributed by atoms with Crippen LogP contribution >= 0.6 is 90.7 Å². The lowest BCUT2D eigenvalue weighted by atomic mass is 10.2. The highest BCUT2D eigenvalue weighted by Gasteiger charge is 2.22. The third-order valence-electron chi connectivity index (χ3n) is 10.9. The first-order valence-electron chi connectivity index (χ1n) is 25.6. The van der Waals surface area contributed by atoms with Gasteiger partial charge in [0.05, 0.1) is 45.3 Å². The van der Waals surface area contributed by atoms with E-state index in [0.717, 1.165) is 34.9 Å². The summed E-state index contributed by atoms with van der Waals surface area (Å²) >= 11 is 10.6. The summed E-state index contributed by atoms with van der Waals surface area (Å²) in [6.07, 6.45) is 7.85. The van der Waals surface area contributed by atoms with E-state index >= 15 is 0 Å².